The van der Waals surface area contributed by atoms with Crippen LogP contribution < -0.4 is 11.1 Å². The highest BCUT2D eigenvalue weighted by atomic mass is 79.9. The predicted molar refractivity (Wildman–Crippen MR) is 99.8 cm³/mol. The molecule has 7 nitrogen and oxygen atoms in total. The number of hydrogen-bond donors (Lipinski definition) is 3. The molecule has 0 saturated heterocycles. The van der Waals surface area contributed by atoms with Crippen LogP contribution in [0.3, 0.4) is 0 Å². The standard InChI is InChI=1S/C18H13BrN2O5/c1-9-6-16(24)26-17-11(9)4-5-14(22)13(17)8-20-21-18(25)12-3-2-10(19)7-15(12)23/h2-8,22-23H,1H3,(H,21,25)/b20-8-. The number of carbonyl (C=O) groups is 1. The minimum Gasteiger partial charge on any atom is -0.507 e. The van der Waals surface area contributed by atoms with E-state index in [0.717, 1.165) is 0 Å². The zero-order chi connectivity index (χ0) is 18.8. The van der Waals surface area contributed by atoms with Crippen LogP contribution in [0.25, 0.3) is 11.0 Å². The third kappa shape index (κ3) is 3.45. The summed E-state index contributed by atoms with van der Waals surface area (Å²) in [5.41, 5.74) is 2.75. The van der Waals surface area contributed by atoms with Gasteiger partial charge in [0.1, 0.15) is 11.5 Å². The van der Waals surface area contributed by atoms with Crippen molar-refractivity contribution < 1.29 is 19.4 Å². The van der Waals surface area contributed by atoms with Gasteiger partial charge in [-0.3, -0.25) is 4.79 Å². The summed E-state index contributed by atoms with van der Waals surface area (Å²) in [5.74, 6) is -0.999. The Hall–Kier alpha value is -3.13. The van der Waals surface area contributed by atoms with Gasteiger partial charge in [-0.15, -0.1) is 0 Å². The van der Waals surface area contributed by atoms with Crippen molar-refractivity contribution in [1.29, 1.82) is 0 Å². The third-order valence-corrected chi connectivity index (χ3v) is 4.19. The van der Waals surface area contributed by atoms with Gasteiger partial charge in [-0.2, -0.15) is 5.10 Å². The van der Waals surface area contributed by atoms with Crippen LogP contribution in [-0.4, -0.2) is 22.3 Å². The predicted octanol–water partition coefficient (Wildman–Crippen LogP) is 3.04. The molecular weight excluding hydrogens is 404 g/mol. The lowest BCUT2D eigenvalue weighted by Gasteiger charge is -2.06. The lowest BCUT2D eigenvalue weighted by Crippen LogP contribution is -2.17. The van der Waals surface area contributed by atoms with Crippen molar-refractivity contribution in [2.75, 3.05) is 0 Å². The first-order chi connectivity index (χ1) is 12.4. The van der Waals surface area contributed by atoms with Crippen molar-refractivity contribution >= 4 is 39.0 Å². The Labute approximate surface area is 155 Å². The lowest BCUT2D eigenvalue weighted by molar-refractivity contribution is 0.0952. The van der Waals surface area contributed by atoms with Gasteiger partial charge in [0.05, 0.1) is 17.3 Å². The molecule has 0 radical (unpaired) electrons. The number of aryl methyl sites for hydroxylation is 1. The van der Waals surface area contributed by atoms with E-state index in [4.69, 9.17) is 4.42 Å². The average Bonchev–Trinajstić information content (AvgIpc) is 2.56. The number of aromatic hydroxyl groups is 2. The summed E-state index contributed by atoms with van der Waals surface area (Å²) in [5, 5.41) is 24.3. The van der Waals surface area contributed by atoms with E-state index < -0.39 is 11.5 Å². The van der Waals surface area contributed by atoms with Crippen molar-refractivity contribution in [1.82, 2.24) is 5.43 Å². The molecule has 2 aromatic carbocycles. The molecule has 0 atom stereocenters. The maximum Gasteiger partial charge on any atom is 0.336 e. The minimum atomic E-state index is -0.636. The van der Waals surface area contributed by atoms with Crippen LogP contribution in [-0.2, 0) is 0 Å². The molecule has 8 heteroatoms. The quantitative estimate of drug-likeness (QED) is 0.345. The minimum absolute atomic E-state index is 0.0369. The second-order valence-corrected chi connectivity index (χ2v) is 6.40. The Balaban J connectivity index is 1.92. The van der Waals surface area contributed by atoms with Gasteiger partial charge in [0.15, 0.2) is 5.58 Å². The number of phenolic OH excluding ortho intramolecular Hbond substituents is 2. The molecule has 1 heterocycles. The molecule has 26 heavy (non-hydrogen) atoms. The Bertz CT molecular complexity index is 1100. The van der Waals surface area contributed by atoms with Gasteiger partial charge < -0.3 is 14.6 Å². The number of fused-ring (bicyclic) bond motifs is 1. The number of halogens is 1. The number of rotatable bonds is 3. The Morgan fingerprint density at radius 2 is 1.96 bits per heavy atom. The number of hydrogen-bond acceptors (Lipinski definition) is 6. The molecule has 0 aliphatic rings. The van der Waals surface area contributed by atoms with Crippen molar-refractivity contribution in [3.63, 3.8) is 0 Å². The highest BCUT2D eigenvalue weighted by molar-refractivity contribution is 9.10. The summed E-state index contributed by atoms with van der Waals surface area (Å²) >= 11 is 3.19. The number of nitrogens with zero attached hydrogens (tertiary/aromatic N) is 1. The average molecular weight is 417 g/mol. The number of carbonyl (C=O) groups excluding carboxylic acids is 1. The van der Waals surface area contributed by atoms with Gasteiger partial charge in [-0.05, 0) is 42.8 Å². The molecule has 0 saturated carbocycles. The van der Waals surface area contributed by atoms with Crippen LogP contribution in [0.4, 0.5) is 0 Å². The second-order valence-electron chi connectivity index (χ2n) is 5.48. The SMILES string of the molecule is Cc1cc(=O)oc2c(/C=N\NC(=O)c3ccc(Br)cc3O)c(O)ccc12. The first-order valence-electron chi connectivity index (χ1n) is 7.45. The molecular formula is C18H13BrN2O5. The van der Waals surface area contributed by atoms with E-state index in [0.29, 0.717) is 15.4 Å². The summed E-state index contributed by atoms with van der Waals surface area (Å²) in [7, 11) is 0. The Kier molecular flexibility index (Phi) is 4.77. The summed E-state index contributed by atoms with van der Waals surface area (Å²) in [4.78, 5) is 23.7. The summed E-state index contributed by atoms with van der Waals surface area (Å²) in [6, 6.07) is 8.83. The molecule has 1 aromatic heterocycles. The topological polar surface area (TPSA) is 112 Å². The molecule has 0 spiro atoms. The summed E-state index contributed by atoms with van der Waals surface area (Å²) in [6.45, 7) is 1.75. The van der Waals surface area contributed by atoms with E-state index >= 15 is 0 Å². The first-order valence-corrected chi connectivity index (χ1v) is 8.24. The molecule has 3 N–H and O–H groups in total. The van der Waals surface area contributed by atoms with Gasteiger partial charge in [0.2, 0.25) is 0 Å². The van der Waals surface area contributed by atoms with E-state index in [9.17, 15) is 19.8 Å². The molecule has 0 bridgehead atoms. The molecule has 1 amide bonds. The lowest BCUT2D eigenvalue weighted by atomic mass is 10.1. The molecule has 0 aliphatic carbocycles. The fraction of sp³-hybridized carbons (Fsp3) is 0.0556. The fourth-order valence-corrected chi connectivity index (χ4v) is 2.78. The Morgan fingerprint density at radius 3 is 2.69 bits per heavy atom. The summed E-state index contributed by atoms with van der Waals surface area (Å²) < 4.78 is 5.79. The van der Waals surface area contributed by atoms with Crippen LogP contribution >= 0.6 is 15.9 Å². The van der Waals surface area contributed by atoms with E-state index in [-0.39, 0.29) is 28.2 Å². The molecule has 0 unspecified atom stereocenters. The van der Waals surface area contributed by atoms with Crippen molar-refractivity contribution in [2.24, 2.45) is 5.10 Å². The third-order valence-electron chi connectivity index (χ3n) is 3.70. The number of nitrogens with one attached hydrogen (secondary N) is 1. The number of hydrazone groups is 1. The molecule has 3 rings (SSSR count). The highest BCUT2D eigenvalue weighted by Gasteiger charge is 2.12. The normalized spacial score (nSPS) is 11.2. The van der Waals surface area contributed by atoms with Crippen LogP contribution in [0.2, 0.25) is 0 Å². The van der Waals surface area contributed by atoms with Crippen molar-refractivity contribution in [3.05, 3.63) is 68.0 Å². The van der Waals surface area contributed by atoms with Gasteiger partial charge in [-0.25, -0.2) is 10.2 Å². The van der Waals surface area contributed by atoms with Crippen molar-refractivity contribution in [2.45, 2.75) is 6.92 Å². The van der Waals surface area contributed by atoms with Gasteiger partial charge in [0.25, 0.3) is 5.91 Å². The fourth-order valence-electron chi connectivity index (χ4n) is 2.43. The Morgan fingerprint density at radius 1 is 1.19 bits per heavy atom. The zero-order valence-corrected chi connectivity index (χ0v) is 15.1. The maximum absolute atomic E-state index is 12.1. The van der Waals surface area contributed by atoms with Gasteiger partial charge in [0, 0.05) is 15.9 Å². The van der Waals surface area contributed by atoms with Crippen LogP contribution in [0.1, 0.15) is 21.5 Å². The number of phenols is 2. The van der Waals surface area contributed by atoms with Gasteiger partial charge in [-0.1, -0.05) is 15.9 Å². The van der Waals surface area contributed by atoms with Crippen molar-refractivity contribution in [3.8, 4) is 11.5 Å². The van der Waals surface area contributed by atoms with Crippen LogP contribution in [0.5, 0.6) is 11.5 Å². The van der Waals surface area contributed by atoms with E-state index in [1.165, 1.54) is 30.5 Å². The van der Waals surface area contributed by atoms with E-state index in [1.54, 1.807) is 19.1 Å². The number of amides is 1. The largest absolute Gasteiger partial charge is 0.507 e. The van der Waals surface area contributed by atoms with Crippen LogP contribution in [0.15, 0.2) is 55.2 Å². The first kappa shape index (κ1) is 17.7. The second kappa shape index (κ2) is 7.01. The molecule has 132 valence electrons. The van der Waals surface area contributed by atoms with Crippen LogP contribution in [0, 0.1) is 6.92 Å². The smallest absolute Gasteiger partial charge is 0.336 e. The highest BCUT2D eigenvalue weighted by Crippen LogP contribution is 2.26. The molecule has 0 fully saturated rings. The monoisotopic (exact) mass is 416 g/mol. The van der Waals surface area contributed by atoms with Gasteiger partial charge >= 0.3 is 5.63 Å². The number of benzene rings is 2. The summed E-state index contributed by atoms with van der Waals surface area (Å²) in [6.07, 6.45) is 1.17. The van der Waals surface area contributed by atoms with E-state index in [2.05, 4.69) is 26.5 Å². The maximum atomic E-state index is 12.1. The van der Waals surface area contributed by atoms with E-state index in [1.807, 2.05) is 0 Å². The molecule has 0 aliphatic heterocycles. The zero-order valence-electron chi connectivity index (χ0n) is 13.5. The molecule has 3 aromatic rings.